The minimum absolute atomic E-state index is 1.75. The van der Waals surface area contributed by atoms with Crippen LogP contribution < -0.4 is 0 Å². The van der Waals surface area contributed by atoms with Crippen molar-refractivity contribution in [2.75, 3.05) is 0 Å². The Kier molecular flexibility index (Phi) is 2.49. The van der Waals surface area contributed by atoms with E-state index in [1.807, 2.05) is 43.6 Å². The molecule has 0 aliphatic carbocycles. The lowest BCUT2D eigenvalue weighted by Gasteiger charge is -1.84. The van der Waals surface area contributed by atoms with E-state index in [4.69, 9.17) is 0 Å². The van der Waals surface area contributed by atoms with E-state index >= 15 is 0 Å². The number of rotatable bonds is 0. The molecule has 0 N–H and O–H groups in total. The van der Waals surface area contributed by atoms with E-state index in [9.17, 15) is 0 Å². The van der Waals surface area contributed by atoms with Gasteiger partial charge in [-0.25, -0.2) is 0 Å². The molecule has 0 saturated carbocycles. The van der Waals surface area contributed by atoms with Crippen LogP contribution in [0.4, 0.5) is 0 Å². The van der Waals surface area contributed by atoms with Gasteiger partial charge < -0.3 is 0 Å². The molecule has 1 rings (SSSR count). The highest BCUT2D eigenvalue weighted by molar-refractivity contribution is 4.90. The van der Waals surface area contributed by atoms with Crippen molar-refractivity contribution in [2.45, 2.75) is 0 Å². The van der Waals surface area contributed by atoms with Gasteiger partial charge in [0.25, 0.3) is 0 Å². The second kappa shape index (κ2) is 3.67. The molecule has 1 aromatic rings. The Morgan fingerprint density at radius 2 is 1.70 bits per heavy atom. The maximum Gasteiger partial charge on any atom is 0.0474 e. The Hall–Kier alpha value is -1.31. The highest BCUT2D eigenvalue weighted by Gasteiger charge is 1.66. The molecule has 2 heteroatoms. The van der Waals surface area contributed by atoms with Gasteiger partial charge in [0.05, 0.1) is 0 Å². The Bertz CT molecular complexity index is 215. The van der Waals surface area contributed by atoms with Crippen molar-refractivity contribution in [3.8, 4) is 0 Å². The largest absolute Gasteiger partial charge is 0.276 e. The first-order valence-electron chi connectivity index (χ1n) is 3.16. The summed E-state index contributed by atoms with van der Waals surface area (Å²) in [5.41, 5.74) is 0. The molecule has 2 nitrogen and oxygen atoms in total. The molecule has 0 saturated heterocycles. The van der Waals surface area contributed by atoms with Crippen molar-refractivity contribution < 1.29 is 0 Å². The van der Waals surface area contributed by atoms with Crippen molar-refractivity contribution >= 4 is 0 Å². The topological polar surface area (TPSA) is 17.8 Å². The number of aryl methyl sites for hydroxylation is 1. The van der Waals surface area contributed by atoms with E-state index in [1.54, 1.807) is 10.9 Å². The summed E-state index contributed by atoms with van der Waals surface area (Å²) < 4.78 is 1.75. The Balaban J connectivity index is 3.13. The van der Waals surface area contributed by atoms with Gasteiger partial charge in [0.15, 0.2) is 0 Å². The van der Waals surface area contributed by atoms with E-state index in [2.05, 4.69) is 5.10 Å². The quantitative estimate of drug-likeness (QED) is 0.526. The van der Waals surface area contributed by atoms with Crippen molar-refractivity contribution in [3.05, 3.63) is 42.7 Å². The summed E-state index contributed by atoms with van der Waals surface area (Å²) in [6, 6.07) is 9.68. The van der Waals surface area contributed by atoms with E-state index in [0.29, 0.717) is 0 Å². The lowest BCUT2D eigenvalue weighted by molar-refractivity contribution is 0.746. The lowest BCUT2D eigenvalue weighted by atomic mass is 10.5. The fourth-order valence-electron chi connectivity index (χ4n) is 0.599. The van der Waals surface area contributed by atoms with Gasteiger partial charge >= 0.3 is 0 Å². The number of nitrogens with zero attached hydrogens (tertiary/aromatic N) is 2. The summed E-state index contributed by atoms with van der Waals surface area (Å²) in [6.45, 7) is 0. The van der Waals surface area contributed by atoms with Gasteiger partial charge in [0.1, 0.15) is 0 Å². The highest BCUT2D eigenvalue weighted by Crippen LogP contribution is 1.76. The molecule has 0 radical (unpaired) electrons. The minimum atomic E-state index is 1.75. The SMILES string of the molecule is Cn1cccccccn1. The molecule has 0 atom stereocenters. The normalized spacial score (nSPS) is 8.50. The maximum atomic E-state index is 4.04. The molecular formula is C8H10N2. The van der Waals surface area contributed by atoms with Gasteiger partial charge in [-0.15, -0.1) is 0 Å². The van der Waals surface area contributed by atoms with Crippen LogP contribution in [0.25, 0.3) is 0 Å². The maximum absolute atomic E-state index is 4.04. The molecule has 0 fully saturated rings. The zero-order chi connectivity index (χ0) is 7.23. The third-order valence-corrected chi connectivity index (χ3v) is 1.08. The Labute approximate surface area is 60.4 Å². The van der Waals surface area contributed by atoms with Crippen LogP contribution in [0.1, 0.15) is 0 Å². The zero-order valence-corrected chi connectivity index (χ0v) is 5.94. The summed E-state index contributed by atoms with van der Waals surface area (Å²) in [5, 5.41) is 4.04. The van der Waals surface area contributed by atoms with Crippen molar-refractivity contribution in [1.29, 1.82) is 0 Å². The fraction of sp³-hybridized carbons (Fsp3) is 0.125. The molecule has 0 bridgehead atoms. The fourth-order valence-corrected chi connectivity index (χ4v) is 0.599. The number of hydrogen-bond donors (Lipinski definition) is 0. The van der Waals surface area contributed by atoms with Crippen molar-refractivity contribution in [3.63, 3.8) is 0 Å². The van der Waals surface area contributed by atoms with Crippen LogP contribution in [-0.2, 0) is 7.05 Å². The molecule has 0 aromatic carbocycles. The number of hydrogen-bond acceptors (Lipinski definition) is 1. The Morgan fingerprint density at radius 3 is 2.60 bits per heavy atom. The van der Waals surface area contributed by atoms with Gasteiger partial charge in [-0.2, -0.15) is 5.10 Å². The van der Waals surface area contributed by atoms with Crippen molar-refractivity contribution in [2.24, 2.45) is 7.05 Å². The lowest BCUT2D eigenvalue weighted by Crippen LogP contribution is -1.88. The standard InChI is InChI=1S/C8H10N2/c1-10-8-6-4-2-3-5-7-9-10/h2-8H,1H3. The molecule has 1 aromatic heterocycles. The molecule has 0 aliphatic heterocycles. The van der Waals surface area contributed by atoms with Gasteiger partial charge in [-0.05, 0) is 12.1 Å². The average molecular weight is 134 g/mol. The first kappa shape index (κ1) is 6.81. The summed E-state index contributed by atoms with van der Waals surface area (Å²) in [5.74, 6) is 0. The first-order valence-corrected chi connectivity index (χ1v) is 3.16. The monoisotopic (exact) mass is 134 g/mol. The van der Waals surface area contributed by atoms with Gasteiger partial charge in [-0.3, -0.25) is 4.68 Å². The van der Waals surface area contributed by atoms with Crippen LogP contribution in [0.3, 0.4) is 0 Å². The predicted molar refractivity (Wildman–Crippen MR) is 40.8 cm³/mol. The van der Waals surface area contributed by atoms with Crippen LogP contribution in [0.2, 0.25) is 0 Å². The van der Waals surface area contributed by atoms with Crippen LogP contribution in [-0.4, -0.2) is 9.78 Å². The van der Waals surface area contributed by atoms with Crippen LogP contribution >= 0.6 is 0 Å². The van der Waals surface area contributed by atoms with E-state index in [0.717, 1.165) is 0 Å². The second-order valence-electron chi connectivity index (χ2n) is 1.95. The first-order chi connectivity index (χ1) is 4.89. The Morgan fingerprint density at radius 1 is 1.00 bits per heavy atom. The predicted octanol–water partition coefficient (Wildman–Crippen LogP) is 1.54. The third kappa shape index (κ3) is 2.31. The molecular weight excluding hydrogens is 124 g/mol. The van der Waals surface area contributed by atoms with E-state index in [1.165, 1.54) is 0 Å². The number of aromatic nitrogens is 2. The van der Waals surface area contributed by atoms with Crippen LogP contribution in [0, 0.1) is 0 Å². The molecule has 0 aliphatic rings. The van der Waals surface area contributed by atoms with Gasteiger partial charge in [0.2, 0.25) is 0 Å². The van der Waals surface area contributed by atoms with Gasteiger partial charge in [-0.1, -0.05) is 18.2 Å². The van der Waals surface area contributed by atoms with Crippen molar-refractivity contribution in [1.82, 2.24) is 9.78 Å². The smallest absolute Gasteiger partial charge is 0.0474 e. The minimum Gasteiger partial charge on any atom is -0.276 e. The second-order valence-corrected chi connectivity index (χ2v) is 1.95. The van der Waals surface area contributed by atoms with E-state index in [-0.39, 0.29) is 0 Å². The summed E-state index contributed by atoms with van der Waals surface area (Å²) in [4.78, 5) is 0. The summed E-state index contributed by atoms with van der Waals surface area (Å²) in [7, 11) is 1.89. The summed E-state index contributed by atoms with van der Waals surface area (Å²) in [6.07, 6.45) is 3.64. The zero-order valence-electron chi connectivity index (χ0n) is 5.94. The highest BCUT2D eigenvalue weighted by atomic mass is 15.2. The van der Waals surface area contributed by atoms with Crippen LogP contribution in [0.15, 0.2) is 42.7 Å². The van der Waals surface area contributed by atoms with Crippen LogP contribution in [0.5, 0.6) is 0 Å². The molecule has 10 heavy (non-hydrogen) atoms. The average Bonchev–Trinajstić information content (AvgIpc) is 2.02. The molecule has 0 spiro atoms. The molecule has 52 valence electrons. The third-order valence-electron chi connectivity index (χ3n) is 1.08. The van der Waals surface area contributed by atoms with E-state index < -0.39 is 0 Å². The molecule has 0 amide bonds. The molecule has 1 heterocycles. The van der Waals surface area contributed by atoms with Gasteiger partial charge in [0, 0.05) is 19.4 Å². The molecule has 0 unspecified atom stereocenters. The summed E-state index contributed by atoms with van der Waals surface area (Å²) >= 11 is 0.